The van der Waals surface area contributed by atoms with Crippen molar-refractivity contribution in [2.45, 2.75) is 18.5 Å². The van der Waals surface area contributed by atoms with E-state index >= 15 is 0 Å². The van der Waals surface area contributed by atoms with E-state index in [1.807, 2.05) is 6.07 Å². The van der Waals surface area contributed by atoms with Crippen molar-refractivity contribution in [3.8, 4) is 17.9 Å². The summed E-state index contributed by atoms with van der Waals surface area (Å²) in [6, 6.07) is 14.6. The van der Waals surface area contributed by atoms with Crippen LogP contribution < -0.4 is 10.1 Å². The lowest BCUT2D eigenvalue weighted by Gasteiger charge is -2.29. The van der Waals surface area contributed by atoms with E-state index in [9.17, 15) is 27.9 Å². The van der Waals surface area contributed by atoms with Crippen LogP contribution in [0.1, 0.15) is 39.7 Å². The number of hydrogen-bond acceptors (Lipinski definition) is 6. The van der Waals surface area contributed by atoms with E-state index in [4.69, 9.17) is 15.3 Å². The maximum Gasteiger partial charge on any atom is 0.417 e. The molecule has 0 unspecified atom stereocenters. The van der Waals surface area contributed by atoms with Crippen LogP contribution in [0.4, 0.5) is 18.9 Å². The molecule has 0 fully saturated rings. The van der Waals surface area contributed by atoms with Gasteiger partial charge in [0.25, 0.3) is 0 Å². The number of alkyl halides is 3. The van der Waals surface area contributed by atoms with Gasteiger partial charge in [-0.25, -0.2) is 4.79 Å². The molecule has 0 aliphatic heterocycles. The lowest BCUT2D eigenvalue weighted by molar-refractivity contribution is -0.137. The van der Waals surface area contributed by atoms with Gasteiger partial charge in [0.05, 0.1) is 40.1 Å². The van der Waals surface area contributed by atoms with Crippen molar-refractivity contribution < 1.29 is 32.6 Å². The van der Waals surface area contributed by atoms with Gasteiger partial charge in [0.1, 0.15) is 17.8 Å². The van der Waals surface area contributed by atoms with Crippen LogP contribution in [0, 0.1) is 22.7 Å². The van der Waals surface area contributed by atoms with E-state index in [0.29, 0.717) is 11.6 Å². The van der Waals surface area contributed by atoms with Gasteiger partial charge >= 0.3 is 12.1 Å². The van der Waals surface area contributed by atoms with Crippen LogP contribution in [0.5, 0.6) is 5.75 Å². The topological polar surface area (TPSA) is 136 Å². The van der Waals surface area contributed by atoms with Crippen LogP contribution in [0.25, 0.3) is 0 Å². The molecule has 1 atom stereocenters. The Morgan fingerprint density at radius 3 is 2.36 bits per heavy atom. The number of benzene rings is 2. The molecule has 36 heavy (non-hydrogen) atoms. The highest BCUT2D eigenvalue weighted by molar-refractivity contribution is 6.01. The Morgan fingerprint density at radius 1 is 1.08 bits per heavy atom. The number of carboxylic acid groups (broad SMARTS) is 1. The minimum Gasteiger partial charge on any atom is -0.492 e. The number of carbonyl (C=O) groups excluding carboxylic acids is 1. The highest BCUT2D eigenvalue weighted by Crippen LogP contribution is 2.34. The van der Waals surface area contributed by atoms with Crippen molar-refractivity contribution in [2.75, 3.05) is 11.9 Å². The molecular formula is C25H17F3N4O4. The van der Waals surface area contributed by atoms with Crippen molar-refractivity contribution in [1.82, 2.24) is 4.98 Å². The Balaban J connectivity index is 2.02. The third kappa shape index (κ3) is 5.42. The smallest absolute Gasteiger partial charge is 0.417 e. The van der Waals surface area contributed by atoms with Crippen molar-refractivity contribution >= 4 is 17.6 Å². The number of aromatic nitrogens is 1. The number of halogens is 3. The first kappa shape index (κ1) is 25.7. The van der Waals surface area contributed by atoms with Crippen LogP contribution in [0.15, 0.2) is 60.8 Å². The standard InChI is InChI=1S/C25H17F3N4O4/c1-24(21-19(22(33)34)3-2-10-31-21,14-36-18-8-4-15(12-29)5-9-18)23(35)32-17-7-6-16(13-30)20(11-17)25(26,27)28/h2-11H,14H2,1H3,(H,32,35)(H,33,34)/t24-/m1/s1. The average Bonchev–Trinajstić information content (AvgIpc) is 2.86. The summed E-state index contributed by atoms with van der Waals surface area (Å²) >= 11 is 0. The summed E-state index contributed by atoms with van der Waals surface area (Å²) in [6.07, 6.45) is -3.57. The average molecular weight is 494 g/mol. The second-order valence-corrected chi connectivity index (χ2v) is 7.79. The fourth-order valence-corrected chi connectivity index (χ4v) is 3.34. The lowest BCUT2D eigenvalue weighted by atomic mass is 9.83. The second-order valence-electron chi connectivity index (χ2n) is 7.79. The van der Waals surface area contributed by atoms with Crippen molar-refractivity contribution in [2.24, 2.45) is 0 Å². The number of anilines is 1. The van der Waals surface area contributed by atoms with Crippen molar-refractivity contribution in [3.63, 3.8) is 0 Å². The molecule has 8 nitrogen and oxygen atoms in total. The number of amides is 1. The van der Waals surface area contributed by atoms with Crippen molar-refractivity contribution in [3.05, 3.63) is 88.7 Å². The SMILES string of the molecule is C[C@](COc1ccc(C#N)cc1)(C(=O)Nc1ccc(C#N)c(C(F)(F)F)c1)c1ncccc1C(=O)O. The number of hydrogen-bond donors (Lipinski definition) is 2. The number of rotatable bonds is 7. The number of nitriles is 2. The van der Waals surface area contributed by atoms with Crippen LogP contribution in [-0.2, 0) is 16.4 Å². The van der Waals surface area contributed by atoms with Crippen LogP contribution in [0.2, 0.25) is 0 Å². The molecule has 0 aliphatic rings. The summed E-state index contributed by atoms with van der Waals surface area (Å²) in [5, 5.41) is 29.9. The summed E-state index contributed by atoms with van der Waals surface area (Å²) in [5.41, 5.74) is -4.00. The van der Waals surface area contributed by atoms with Crippen LogP contribution >= 0.6 is 0 Å². The summed E-state index contributed by atoms with van der Waals surface area (Å²) in [5.74, 6) is -2.00. The van der Waals surface area contributed by atoms with Crippen LogP contribution in [0.3, 0.4) is 0 Å². The van der Waals surface area contributed by atoms with Gasteiger partial charge in [0.15, 0.2) is 0 Å². The first-order valence-corrected chi connectivity index (χ1v) is 10.2. The maximum atomic E-state index is 13.4. The summed E-state index contributed by atoms with van der Waals surface area (Å²) in [4.78, 5) is 29.3. The zero-order chi connectivity index (χ0) is 26.5. The zero-order valence-corrected chi connectivity index (χ0v) is 18.6. The van der Waals surface area contributed by atoms with Gasteiger partial charge in [-0.1, -0.05) is 0 Å². The van der Waals surface area contributed by atoms with E-state index in [2.05, 4.69) is 10.3 Å². The minimum absolute atomic E-state index is 0.173. The molecule has 2 aromatic carbocycles. The fourth-order valence-electron chi connectivity index (χ4n) is 3.34. The second kappa shape index (κ2) is 10.2. The van der Waals surface area contributed by atoms with Gasteiger partial charge in [-0.3, -0.25) is 9.78 Å². The summed E-state index contributed by atoms with van der Waals surface area (Å²) in [6.45, 7) is 0.902. The first-order valence-electron chi connectivity index (χ1n) is 10.2. The first-order chi connectivity index (χ1) is 17.0. The van der Waals surface area contributed by atoms with E-state index in [1.165, 1.54) is 55.6 Å². The maximum absolute atomic E-state index is 13.4. The molecule has 1 amide bonds. The number of pyridine rings is 1. The fraction of sp³-hybridized carbons (Fsp3) is 0.160. The third-order valence-corrected chi connectivity index (χ3v) is 5.28. The predicted molar refractivity (Wildman–Crippen MR) is 120 cm³/mol. The summed E-state index contributed by atoms with van der Waals surface area (Å²) < 4.78 is 45.8. The minimum atomic E-state index is -4.84. The molecule has 0 aliphatic carbocycles. The highest BCUT2D eigenvalue weighted by atomic mass is 19.4. The van der Waals surface area contributed by atoms with E-state index < -0.39 is 41.2 Å². The molecule has 182 valence electrons. The Hall–Kier alpha value is -4.90. The molecule has 2 N–H and O–H groups in total. The molecule has 0 bridgehead atoms. The molecule has 0 saturated carbocycles. The largest absolute Gasteiger partial charge is 0.492 e. The monoisotopic (exact) mass is 494 g/mol. The Labute approximate surface area is 203 Å². The predicted octanol–water partition coefficient (Wildman–Crippen LogP) is 4.52. The third-order valence-electron chi connectivity index (χ3n) is 5.28. The van der Waals surface area contributed by atoms with Gasteiger partial charge < -0.3 is 15.2 Å². The molecule has 0 saturated heterocycles. The molecule has 1 heterocycles. The molecule has 0 radical (unpaired) electrons. The summed E-state index contributed by atoms with van der Waals surface area (Å²) in [7, 11) is 0. The van der Waals surface area contributed by atoms with Crippen LogP contribution in [-0.4, -0.2) is 28.6 Å². The number of aromatic carboxylic acids is 1. The molecule has 11 heteroatoms. The van der Waals surface area contributed by atoms with Crippen molar-refractivity contribution in [1.29, 1.82) is 10.5 Å². The lowest BCUT2D eigenvalue weighted by Crippen LogP contribution is -2.44. The van der Waals surface area contributed by atoms with E-state index in [-0.39, 0.29) is 22.7 Å². The van der Waals surface area contributed by atoms with Gasteiger partial charge in [-0.2, -0.15) is 23.7 Å². The normalized spacial score (nSPS) is 12.5. The number of carbonyl (C=O) groups is 2. The van der Waals surface area contributed by atoms with Gasteiger partial charge in [-0.05, 0) is 61.5 Å². The number of ether oxygens (including phenoxy) is 1. The highest BCUT2D eigenvalue weighted by Gasteiger charge is 2.41. The zero-order valence-electron chi connectivity index (χ0n) is 18.6. The Kier molecular flexibility index (Phi) is 7.25. The molecule has 1 aromatic heterocycles. The molecule has 3 aromatic rings. The quantitative estimate of drug-likeness (QED) is 0.493. The molecular weight excluding hydrogens is 477 g/mol. The molecule has 0 spiro atoms. The number of carboxylic acids is 1. The van der Waals surface area contributed by atoms with E-state index in [0.717, 1.165) is 12.1 Å². The Morgan fingerprint density at radius 2 is 1.78 bits per heavy atom. The van der Waals surface area contributed by atoms with Gasteiger partial charge in [0.2, 0.25) is 5.91 Å². The molecule has 3 rings (SSSR count). The Bertz CT molecular complexity index is 1390. The number of nitrogens with zero attached hydrogens (tertiary/aromatic N) is 3. The van der Waals surface area contributed by atoms with E-state index in [1.54, 1.807) is 0 Å². The van der Waals surface area contributed by atoms with Gasteiger partial charge in [0, 0.05) is 11.9 Å². The number of nitrogens with one attached hydrogen (secondary N) is 1. The van der Waals surface area contributed by atoms with Gasteiger partial charge in [-0.15, -0.1) is 0 Å².